The van der Waals surface area contributed by atoms with Crippen LogP contribution in [0.2, 0.25) is 5.15 Å². The van der Waals surface area contributed by atoms with Gasteiger partial charge in [0, 0.05) is 0 Å². The maximum atomic E-state index is 11.8. The molecule has 20 heavy (non-hydrogen) atoms. The van der Waals surface area contributed by atoms with Gasteiger partial charge in [0.25, 0.3) is 0 Å². The summed E-state index contributed by atoms with van der Waals surface area (Å²) in [5.41, 5.74) is 0.260. The summed E-state index contributed by atoms with van der Waals surface area (Å²) >= 11 is 5.86. The molecular weight excluding hydrogens is 282 g/mol. The quantitative estimate of drug-likeness (QED) is 0.626. The van der Waals surface area contributed by atoms with Crippen LogP contribution in [0.25, 0.3) is 5.82 Å². The number of pyridine rings is 1. The van der Waals surface area contributed by atoms with E-state index in [1.165, 1.54) is 10.9 Å². The molecule has 2 heterocycles. The standard InChI is InChI=1S/C13H14ClN3O3/c1-3-19-12-9(13(18)20-4-2)8-15-17(12)11-7-5-6-10(14)16-11/h5-8H,3-4H2,1-2H3. The van der Waals surface area contributed by atoms with E-state index < -0.39 is 5.97 Å². The van der Waals surface area contributed by atoms with Gasteiger partial charge in [0.2, 0.25) is 5.88 Å². The molecule has 0 saturated carbocycles. The summed E-state index contributed by atoms with van der Waals surface area (Å²) in [6.07, 6.45) is 1.39. The van der Waals surface area contributed by atoms with Crippen LogP contribution in [0.4, 0.5) is 0 Å². The molecule has 0 aliphatic rings. The van der Waals surface area contributed by atoms with Crippen LogP contribution in [0.5, 0.6) is 5.88 Å². The topological polar surface area (TPSA) is 66.2 Å². The summed E-state index contributed by atoms with van der Waals surface area (Å²) in [5, 5.41) is 4.45. The maximum Gasteiger partial charge on any atom is 0.345 e. The van der Waals surface area contributed by atoms with E-state index in [9.17, 15) is 4.79 Å². The van der Waals surface area contributed by atoms with Crippen LogP contribution in [-0.2, 0) is 4.74 Å². The van der Waals surface area contributed by atoms with Crippen molar-refractivity contribution in [2.24, 2.45) is 0 Å². The number of carbonyl (C=O) groups excluding carboxylic acids is 1. The van der Waals surface area contributed by atoms with Crippen molar-refractivity contribution in [3.05, 3.63) is 35.1 Å². The SMILES string of the molecule is CCOC(=O)c1cnn(-c2cccc(Cl)n2)c1OCC. The van der Waals surface area contributed by atoms with Gasteiger partial charge in [-0.2, -0.15) is 9.78 Å². The average molecular weight is 296 g/mol. The predicted molar refractivity (Wildman–Crippen MR) is 73.5 cm³/mol. The molecule has 6 nitrogen and oxygen atoms in total. The van der Waals surface area contributed by atoms with Crippen LogP contribution < -0.4 is 4.74 Å². The summed E-state index contributed by atoms with van der Waals surface area (Å²) in [4.78, 5) is 16.0. The van der Waals surface area contributed by atoms with Gasteiger partial charge in [0.1, 0.15) is 10.7 Å². The number of aromatic nitrogens is 3. The lowest BCUT2D eigenvalue weighted by Crippen LogP contribution is -2.09. The number of hydrogen-bond acceptors (Lipinski definition) is 5. The first kappa shape index (κ1) is 14.3. The lowest BCUT2D eigenvalue weighted by atomic mass is 10.3. The Balaban J connectivity index is 2.46. The second-order valence-corrected chi connectivity index (χ2v) is 4.13. The molecule has 0 radical (unpaired) electrons. The van der Waals surface area contributed by atoms with Gasteiger partial charge in [0.05, 0.1) is 19.4 Å². The van der Waals surface area contributed by atoms with Crippen LogP contribution in [0.1, 0.15) is 24.2 Å². The molecule has 0 N–H and O–H groups in total. The molecule has 0 aromatic carbocycles. The highest BCUT2D eigenvalue weighted by Crippen LogP contribution is 2.23. The normalized spacial score (nSPS) is 10.3. The molecular formula is C13H14ClN3O3. The zero-order valence-corrected chi connectivity index (χ0v) is 11.9. The van der Waals surface area contributed by atoms with Crippen molar-refractivity contribution < 1.29 is 14.3 Å². The van der Waals surface area contributed by atoms with E-state index in [4.69, 9.17) is 21.1 Å². The van der Waals surface area contributed by atoms with Crippen molar-refractivity contribution in [3.8, 4) is 11.7 Å². The van der Waals surface area contributed by atoms with Gasteiger partial charge >= 0.3 is 5.97 Å². The minimum absolute atomic E-state index is 0.260. The smallest absolute Gasteiger partial charge is 0.345 e. The van der Waals surface area contributed by atoms with Crippen LogP contribution >= 0.6 is 11.6 Å². The molecule has 0 amide bonds. The lowest BCUT2D eigenvalue weighted by Gasteiger charge is -2.09. The van der Waals surface area contributed by atoms with Crippen LogP contribution in [0, 0.1) is 0 Å². The highest BCUT2D eigenvalue weighted by atomic mass is 35.5. The zero-order valence-electron chi connectivity index (χ0n) is 11.2. The van der Waals surface area contributed by atoms with Crippen molar-refractivity contribution in [2.75, 3.05) is 13.2 Å². The molecule has 2 rings (SSSR count). The van der Waals surface area contributed by atoms with Crippen LogP contribution in [0.15, 0.2) is 24.4 Å². The third kappa shape index (κ3) is 2.91. The first-order valence-corrected chi connectivity index (χ1v) is 6.56. The van der Waals surface area contributed by atoms with Crippen molar-refractivity contribution in [1.29, 1.82) is 0 Å². The summed E-state index contributed by atoms with van der Waals surface area (Å²) in [6.45, 7) is 4.22. The number of rotatable bonds is 5. The molecule has 106 valence electrons. The molecule has 0 fully saturated rings. The van der Waals surface area contributed by atoms with Gasteiger partial charge in [-0.05, 0) is 26.0 Å². The highest BCUT2D eigenvalue weighted by Gasteiger charge is 2.21. The first-order chi connectivity index (χ1) is 9.67. The Morgan fingerprint density at radius 3 is 2.80 bits per heavy atom. The Bertz CT molecular complexity index is 613. The molecule has 0 unspecified atom stereocenters. The fourth-order valence-electron chi connectivity index (χ4n) is 1.64. The largest absolute Gasteiger partial charge is 0.477 e. The van der Waals surface area contributed by atoms with E-state index in [-0.39, 0.29) is 12.2 Å². The van der Waals surface area contributed by atoms with Gasteiger partial charge in [-0.1, -0.05) is 17.7 Å². The number of hydrogen-bond donors (Lipinski definition) is 0. The van der Waals surface area contributed by atoms with E-state index in [2.05, 4.69) is 10.1 Å². The Kier molecular flexibility index (Phi) is 4.57. The van der Waals surface area contributed by atoms with E-state index in [0.29, 0.717) is 23.5 Å². The van der Waals surface area contributed by atoms with Gasteiger partial charge in [-0.25, -0.2) is 9.78 Å². The zero-order chi connectivity index (χ0) is 14.5. The van der Waals surface area contributed by atoms with E-state index in [1.54, 1.807) is 25.1 Å². The predicted octanol–water partition coefficient (Wildman–Crippen LogP) is 2.50. The Hall–Kier alpha value is -2.08. The minimum atomic E-state index is -0.482. The Labute approximate surface area is 121 Å². The molecule has 0 bridgehead atoms. The number of halogens is 1. The number of carbonyl (C=O) groups is 1. The molecule has 0 saturated heterocycles. The van der Waals surface area contributed by atoms with Crippen LogP contribution in [0.3, 0.4) is 0 Å². The molecule has 0 atom stereocenters. The fourth-order valence-corrected chi connectivity index (χ4v) is 1.80. The van der Waals surface area contributed by atoms with Crippen molar-refractivity contribution in [2.45, 2.75) is 13.8 Å². The number of ether oxygens (including phenoxy) is 2. The highest BCUT2D eigenvalue weighted by molar-refractivity contribution is 6.29. The number of nitrogens with zero attached hydrogens (tertiary/aromatic N) is 3. The monoisotopic (exact) mass is 295 g/mol. The Morgan fingerprint density at radius 1 is 1.35 bits per heavy atom. The third-order valence-corrected chi connectivity index (χ3v) is 2.63. The van der Waals surface area contributed by atoms with Gasteiger partial charge < -0.3 is 9.47 Å². The minimum Gasteiger partial charge on any atom is -0.477 e. The van der Waals surface area contributed by atoms with Gasteiger partial charge in [-0.3, -0.25) is 0 Å². The third-order valence-electron chi connectivity index (χ3n) is 2.42. The van der Waals surface area contributed by atoms with Crippen molar-refractivity contribution >= 4 is 17.6 Å². The Morgan fingerprint density at radius 2 is 2.15 bits per heavy atom. The summed E-state index contributed by atoms with van der Waals surface area (Å²) in [5.74, 6) is 0.279. The number of esters is 1. The molecule has 0 spiro atoms. The molecule has 0 aliphatic heterocycles. The van der Waals surface area contributed by atoms with Gasteiger partial charge in [-0.15, -0.1) is 0 Å². The van der Waals surface area contributed by atoms with Crippen molar-refractivity contribution in [3.63, 3.8) is 0 Å². The molecule has 2 aromatic heterocycles. The summed E-state index contributed by atoms with van der Waals surface area (Å²) < 4.78 is 11.9. The molecule has 2 aromatic rings. The van der Waals surface area contributed by atoms with E-state index in [0.717, 1.165) is 0 Å². The molecule has 7 heteroatoms. The lowest BCUT2D eigenvalue weighted by molar-refractivity contribution is 0.0521. The van der Waals surface area contributed by atoms with Gasteiger partial charge in [0.15, 0.2) is 5.82 Å². The first-order valence-electron chi connectivity index (χ1n) is 6.18. The van der Waals surface area contributed by atoms with E-state index in [1.807, 2.05) is 6.92 Å². The maximum absolute atomic E-state index is 11.8. The summed E-state index contributed by atoms with van der Waals surface area (Å²) in [7, 11) is 0. The second kappa shape index (κ2) is 6.38. The second-order valence-electron chi connectivity index (χ2n) is 3.75. The average Bonchev–Trinajstić information content (AvgIpc) is 2.83. The van der Waals surface area contributed by atoms with Crippen molar-refractivity contribution in [1.82, 2.24) is 14.8 Å². The van der Waals surface area contributed by atoms with Crippen LogP contribution in [-0.4, -0.2) is 33.9 Å². The summed E-state index contributed by atoms with van der Waals surface area (Å²) in [6, 6.07) is 5.11. The fraction of sp³-hybridized carbons (Fsp3) is 0.308. The molecule has 0 aliphatic carbocycles. The van der Waals surface area contributed by atoms with E-state index >= 15 is 0 Å².